The number of anilines is 1. The van der Waals surface area contributed by atoms with Crippen molar-refractivity contribution in [1.82, 2.24) is 4.90 Å². The van der Waals surface area contributed by atoms with E-state index in [-0.39, 0.29) is 0 Å². The van der Waals surface area contributed by atoms with E-state index in [1.165, 1.54) is 19.6 Å². The fourth-order valence-electron chi connectivity index (χ4n) is 1.12. The Hall–Kier alpha value is -1.02. The topological polar surface area (TPSA) is 29.3 Å². The van der Waals surface area contributed by atoms with Crippen LogP contribution >= 0.6 is 0 Å². The fourth-order valence-corrected chi connectivity index (χ4v) is 1.12. The van der Waals surface area contributed by atoms with Crippen molar-refractivity contribution in [2.24, 2.45) is 0 Å². The van der Waals surface area contributed by atoms with E-state index >= 15 is 0 Å². The lowest BCUT2D eigenvalue weighted by Gasteiger charge is -2.13. The second kappa shape index (κ2) is 8.57. The van der Waals surface area contributed by atoms with Gasteiger partial charge in [0, 0.05) is 5.69 Å². The first-order valence-electron chi connectivity index (χ1n) is 5.27. The van der Waals surface area contributed by atoms with Gasteiger partial charge < -0.3 is 10.6 Å². The Kier molecular flexibility index (Phi) is 7.95. The number of nitrogen functional groups attached to an aromatic ring is 1. The molecule has 0 unspecified atom stereocenters. The Labute approximate surface area is 87.7 Å². The van der Waals surface area contributed by atoms with Gasteiger partial charge in [0.15, 0.2) is 0 Å². The van der Waals surface area contributed by atoms with Crippen LogP contribution in [-0.4, -0.2) is 24.5 Å². The molecule has 2 heteroatoms. The highest BCUT2D eigenvalue weighted by molar-refractivity contribution is 5.35. The van der Waals surface area contributed by atoms with Crippen LogP contribution in [0.25, 0.3) is 0 Å². The first-order chi connectivity index (χ1) is 6.74. The van der Waals surface area contributed by atoms with Crippen molar-refractivity contribution in [2.45, 2.75) is 20.8 Å². The Balaban J connectivity index is 0.000000241. The van der Waals surface area contributed by atoms with E-state index < -0.39 is 0 Å². The van der Waals surface area contributed by atoms with Crippen molar-refractivity contribution in [1.29, 1.82) is 0 Å². The van der Waals surface area contributed by atoms with Gasteiger partial charge >= 0.3 is 0 Å². The summed E-state index contributed by atoms with van der Waals surface area (Å²) >= 11 is 0. The predicted octanol–water partition coefficient (Wildman–Crippen LogP) is 2.62. The van der Waals surface area contributed by atoms with Gasteiger partial charge in [-0.2, -0.15) is 0 Å². The molecule has 0 bridgehead atoms. The van der Waals surface area contributed by atoms with Crippen LogP contribution in [0.3, 0.4) is 0 Å². The minimum atomic E-state index is 0.822. The predicted molar refractivity (Wildman–Crippen MR) is 64.3 cm³/mol. The second-order valence-electron chi connectivity index (χ2n) is 3.03. The average molecular weight is 194 g/mol. The number of hydrogen-bond donors (Lipinski definition) is 1. The minimum absolute atomic E-state index is 0.822. The smallest absolute Gasteiger partial charge is 0.0313 e. The van der Waals surface area contributed by atoms with E-state index in [0.717, 1.165) is 5.69 Å². The number of hydrogen-bond acceptors (Lipinski definition) is 2. The second-order valence-corrected chi connectivity index (χ2v) is 3.03. The highest BCUT2D eigenvalue weighted by atomic mass is 15.1. The van der Waals surface area contributed by atoms with Gasteiger partial charge in [0.1, 0.15) is 0 Å². The molecule has 0 aromatic heterocycles. The third kappa shape index (κ3) is 6.49. The molecule has 1 rings (SSSR count). The lowest BCUT2D eigenvalue weighted by atomic mass is 10.3. The third-order valence-corrected chi connectivity index (χ3v) is 2.14. The van der Waals surface area contributed by atoms with Crippen LogP contribution < -0.4 is 5.73 Å². The summed E-state index contributed by atoms with van der Waals surface area (Å²) in [6.07, 6.45) is 0. The molecule has 1 aromatic rings. The van der Waals surface area contributed by atoms with E-state index in [1.807, 2.05) is 30.3 Å². The normalized spacial score (nSPS) is 9.43. The molecule has 0 aliphatic carbocycles. The van der Waals surface area contributed by atoms with Gasteiger partial charge in [0.2, 0.25) is 0 Å². The van der Waals surface area contributed by atoms with Gasteiger partial charge in [0.05, 0.1) is 0 Å². The van der Waals surface area contributed by atoms with Gasteiger partial charge in [-0.1, -0.05) is 39.0 Å². The molecule has 0 saturated heterocycles. The van der Waals surface area contributed by atoms with Crippen LogP contribution in [-0.2, 0) is 0 Å². The summed E-state index contributed by atoms with van der Waals surface area (Å²) in [5.41, 5.74) is 6.18. The maximum Gasteiger partial charge on any atom is 0.0313 e. The fraction of sp³-hybridized carbons (Fsp3) is 0.500. The van der Waals surface area contributed by atoms with Crippen molar-refractivity contribution in [3.05, 3.63) is 30.3 Å². The van der Waals surface area contributed by atoms with Crippen LogP contribution in [0.5, 0.6) is 0 Å². The van der Waals surface area contributed by atoms with E-state index in [4.69, 9.17) is 5.73 Å². The van der Waals surface area contributed by atoms with Crippen molar-refractivity contribution in [2.75, 3.05) is 25.4 Å². The molecule has 0 atom stereocenters. The third-order valence-electron chi connectivity index (χ3n) is 2.14. The number of nitrogens with zero attached hydrogens (tertiary/aromatic N) is 1. The molecule has 0 fully saturated rings. The summed E-state index contributed by atoms with van der Waals surface area (Å²) < 4.78 is 0. The Morgan fingerprint density at radius 1 is 0.929 bits per heavy atom. The summed E-state index contributed by atoms with van der Waals surface area (Å²) in [7, 11) is 0. The molecular weight excluding hydrogens is 172 g/mol. The molecule has 1 aromatic carbocycles. The highest BCUT2D eigenvalue weighted by Crippen LogP contribution is 1.95. The van der Waals surface area contributed by atoms with Crippen molar-refractivity contribution >= 4 is 5.69 Å². The first kappa shape index (κ1) is 13.0. The van der Waals surface area contributed by atoms with Crippen LogP contribution in [0.15, 0.2) is 30.3 Å². The molecule has 80 valence electrons. The van der Waals surface area contributed by atoms with Gasteiger partial charge in [0.25, 0.3) is 0 Å². The molecule has 0 radical (unpaired) electrons. The zero-order valence-electron chi connectivity index (χ0n) is 9.53. The summed E-state index contributed by atoms with van der Waals surface area (Å²) in [6, 6.07) is 9.49. The van der Waals surface area contributed by atoms with Crippen molar-refractivity contribution < 1.29 is 0 Å². The molecule has 0 aliphatic heterocycles. The van der Waals surface area contributed by atoms with E-state index in [0.29, 0.717) is 0 Å². The Morgan fingerprint density at radius 3 is 1.50 bits per heavy atom. The molecule has 0 spiro atoms. The quantitative estimate of drug-likeness (QED) is 0.749. The largest absolute Gasteiger partial charge is 0.399 e. The number of benzene rings is 1. The first-order valence-corrected chi connectivity index (χ1v) is 5.27. The highest BCUT2D eigenvalue weighted by Gasteiger charge is 1.89. The van der Waals surface area contributed by atoms with Gasteiger partial charge in [-0.15, -0.1) is 0 Å². The number of rotatable bonds is 3. The average Bonchev–Trinajstić information content (AvgIpc) is 2.22. The van der Waals surface area contributed by atoms with Gasteiger partial charge in [-0.25, -0.2) is 0 Å². The van der Waals surface area contributed by atoms with Crippen LogP contribution in [0.2, 0.25) is 0 Å². The minimum Gasteiger partial charge on any atom is -0.399 e. The summed E-state index contributed by atoms with van der Waals surface area (Å²) in [5, 5.41) is 0. The molecule has 0 saturated carbocycles. The number of para-hydroxylation sites is 1. The molecule has 2 N–H and O–H groups in total. The van der Waals surface area contributed by atoms with Crippen molar-refractivity contribution in [3.63, 3.8) is 0 Å². The van der Waals surface area contributed by atoms with E-state index in [1.54, 1.807) is 0 Å². The lowest BCUT2D eigenvalue weighted by Crippen LogP contribution is -2.21. The molecule has 14 heavy (non-hydrogen) atoms. The van der Waals surface area contributed by atoms with Gasteiger partial charge in [-0.3, -0.25) is 0 Å². The molecule has 0 heterocycles. The molecule has 0 aliphatic rings. The lowest BCUT2D eigenvalue weighted by molar-refractivity contribution is 0.321. The summed E-state index contributed by atoms with van der Waals surface area (Å²) in [6.45, 7) is 10.1. The Bertz CT molecular complexity index is 199. The maximum absolute atomic E-state index is 5.36. The van der Waals surface area contributed by atoms with Crippen LogP contribution in [0.1, 0.15) is 20.8 Å². The zero-order valence-corrected chi connectivity index (χ0v) is 9.53. The summed E-state index contributed by atoms with van der Waals surface area (Å²) in [5.74, 6) is 0. The standard InChI is InChI=1S/C6H7N.C6H15N/c7-6-4-2-1-3-5-6;1-4-7(5-2)6-3/h1-5H,7H2;4-6H2,1-3H3. The van der Waals surface area contributed by atoms with E-state index in [9.17, 15) is 0 Å². The molecular formula is C12H22N2. The number of nitrogens with two attached hydrogens (primary N) is 1. The maximum atomic E-state index is 5.36. The Morgan fingerprint density at radius 2 is 1.36 bits per heavy atom. The zero-order chi connectivity index (χ0) is 10.8. The van der Waals surface area contributed by atoms with Gasteiger partial charge in [-0.05, 0) is 31.8 Å². The molecule has 0 amide bonds. The van der Waals surface area contributed by atoms with E-state index in [2.05, 4.69) is 25.7 Å². The summed E-state index contributed by atoms with van der Waals surface area (Å²) in [4.78, 5) is 2.38. The monoisotopic (exact) mass is 194 g/mol. The van der Waals surface area contributed by atoms with Crippen LogP contribution in [0, 0.1) is 0 Å². The molecule has 2 nitrogen and oxygen atoms in total. The van der Waals surface area contributed by atoms with Crippen molar-refractivity contribution in [3.8, 4) is 0 Å². The van der Waals surface area contributed by atoms with Crippen LogP contribution in [0.4, 0.5) is 5.69 Å². The SMILES string of the molecule is CCN(CC)CC.Nc1ccccc1.